The van der Waals surface area contributed by atoms with Gasteiger partial charge in [-0.15, -0.1) is 11.3 Å². The van der Waals surface area contributed by atoms with Crippen LogP contribution in [0.25, 0.3) is 11.3 Å². The summed E-state index contributed by atoms with van der Waals surface area (Å²) >= 11 is 1.29. The van der Waals surface area contributed by atoms with E-state index < -0.39 is 23.5 Å². The molecule has 38 heavy (non-hydrogen) atoms. The molecule has 5 amide bonds. The SMILES string of the molecule is CC(C)(NC(=O)Nc1ccc2c(c1)CN(C1CCC(=O)NC1=O)C2=O)c1ccc(-c2csc(C#N)n2)cc1. The number of amides is 5. The van der Waals surface area contributed by atoms with E-state index in [0.29, 0.717) is 28.2 Å². The maximum atomic E-state index is 12.9. The number of carbonyl (C=O) groups is 4. The number of nitrogens with zero attached hydrogens (tertiary/aromatic N) is 3. The standard InChI is InChI=1S/C27H24N6O4S/c1-27(2,17-5-3-15(4-6-17)20-14-38-23(12-28)30-20)32-26(37)29-18-7-8-19-16(11-18)13-33(25(19)36)21-9-10-22(34)31-24(21)35/h3-8,11,14,21H,9-10,13H2,1-2H3,(H2,29,32,37)(H,31,34,35). The summed E-state index contributed by atoms with van der Waals surface area (Å²) in [5, 5.41) is 19.3. The number of rotatable bonds is 5. The second-order valence-corrected chi connectivity index (χ2v) is 10.6. The van der Waals surface area contributed by atoms with Crippen LogP contribution in [-0.4, -0.2) is 39.7 Å². The van der Waals surface area contributed by atoms with Crippen LogP contribution in [0.3, 0.4) is 0 Å². The Morgan fingerprint density at radius 3 is 2.63 bits per heavy atom. The monoisotopic (exact) mass is 528 g/mol. The Morgan fingerprint density at radius 2 is 1.95 bits per heavy atom. The molecule has 11 heteroatoms. The highest BCUT2D eigenvalue weighted by Crippen LogP contribution is 2.30. The summed E-state index contributed by atoms with van der Waals surface area (Å²) in [5.41, 5.74) is 3.49. The quantitative estimate of drug-likeness (QED) is 0.433. The Balaban J connectivity index is 1.23. The number of anilines is 1. The van der Waals surface area contributed by atoms with Crippen LogP contribution in [0.15, 0.2) is 47.8 Å². The Hall–Kier alpha value is -4.56. The van der Waals surface area contributed by atoms with Gasteiger partial charge in [0.25, 0.3) is 5.91 Å². The van der Waals surface area contributed by atoms with Crippen molar-refractivity contribution in [1.82, 2.24) is 20.5 Å². The predicted molar refractivity (Wildman–Crippen MR) is 140 cm³/mol. The van der Waals surface area contributed by atoms with Crippen LogP contribution in [-0.2, 0) is 21.7 Å². The van der Waals surface area contributed by atoms with Crippen LogP contribution < -0.4 is 16.0 Å². The number of hydrogen-bond acceptors (Lipinski definition) is 7. The van der Waals surface area contributed by atoms with E-state index >= 15 is 0 Å². The molecular formula is C27H24N6O4S. The highest BCUT2D eigenvalue weighted by Gasteiger charge is 2.39. The summed E-state index contributed by atoms with van der Waals surface area (Å²) in [7, 11) is 0. The van der Waals surface area contributed by atoms with E-state index in [4.69, 9.17) is 5.26 Å². The van der Waals surface area contributed by atoms with Crippen molar-refractivity contribution in [3.63, 3.8) is 0 Å². The van der Waals surface area contributed by atoms with E-state index in [2.05, 4.69) is 20.9 Å². The third kappa shape index (κ3) is 4.86. The Labute approximate surface area is 222 Å². The molecule has 2 aliphatic heterocycles. The minimum atomic E-state index is -0.697. The molecule has 1 aromatic heterocycles. The molecule has 0 radical (unpaired) electrons. The zero-order chi connectivity index (χ0) is 27.0. The number of hydrogen-bond donors (Lipinski definition) is 3. The van der Waals surface area contributed by atoms with Gasteiger partial charge in [-0.3, -0.25) is 19.7 Å². The number of aromatic nitrogens is 1. The first-order valence-electron chi connectivity index (χ1n) is 12.0. The average Bonchev–Trinajstić information content (AvgIpc) is 3.48. The number of benzene rings is 2. The minimum Gasteiger partial charge on any atom is -0.329 e. The maximum Gasteiger partial charge on any atom is 0.319 e. The normalized spacial score (nSPS) is 17.0. The van der Waals surface area contributed by atoms with Gasteiger partial charge in [-0.2, -0.15) is 5.26 Å². The van der Waals surface area contributed by atoms with Crippen LogP contribution in [0.1, 0.15) is 53.2 Å². The molecule has 1 unspecified atom stereocenters. The molecule has 5 rings (SSSR count). The fraction of sp³-hybridized carbons (Fsp3) is 0.259. The van der Waals surface area contributed by atoms with Crippen LogP contribution in [0.2, 0.25) is 0 Å². The second-order valence-electron chi connectivity index (χ2n) is 9.70. The van der Waals surface area contributed by atoms with Crippen LogP contribution in [0, 0.1) is 11.3 Å². The van der Waals surface area contributed by atoms with Gasteiger partial charge in [0.2, 0.25) is 11.8 Å². The molecule has 1 atom stereocenters. The first-order valence-corrected chi connectivity index (χ1v) is 12.9. The molecule has 192 valence electrons. The smallest absolute Gasteiger partial charge is 0.319 e. The number of imide groups is 1. The number of urea groups is 1. The van der Waals surface area contributed by atoms with Gasteiger partial charge in [0.1, 0.15) is 12.1 Å². The molecule has 1 fully saturated rings. The average molecular weight is 529 g/mol. The summed E-state index contributed by atoms with van der Waals surface area (Å²) in [6, 6.07) is 13.6. The molecule has 2 aromatic carbocycles. The molecule has 10 nitrogen and oxygen atoms in total. The number of piperidine rings is 1. The zero-order valence-corrected chi connectivity index (χ0v) is 21.5. The summed E-state index contributed by atoms with van der Waals surface area (Å²) in [5.74, 6) is -1.06. The molecule has 3 N–H and O–H groups in total. The van der Waals surface area contributed by atoms with Crippen molar-refractivity contribution >= 4 is 40.8 Å². The van der Waals surface area contributed by atoms with E-state index in [1.54, 1.807) is 18.2 Å². The van der Waals surface area contributed by atoms with Gasteiger partial charge in [0.05, 0.1) is 11.2 Å². The van der Waals surface area contributed by atoms with E-state index in [9.17, 15) is 19.2 Å². The molecule has 3 heterocycles. The second kappa shape index (κ2) is 9.72. The largest absolute Gasteiger partial charge is 0.329 e. The number of fused-ring (bicyclic) bond motifs is 1. The van der Waals surface area contributed by atoms with Gasteiger partial charge in [0.15, 0.2) is 5.01 Å². The third-order valence-electron chi connectivity index (χ3n) is 6.71. The van der Waals surface area contributed by atoms with Crippen molar-refractivity contribution in [3.8, 4) is 17.3 Å². The van der Waals surface area contributed by atoms with Gasteiger partial charge in [-0.25, -0.2) is 9.78 Å². The molecule has 0 spiro atoms. The third-order valence-corrected chi connectivity index (χ3v) is 7.46. The summed E-state index contributed by atoms with van der Waals surface area (Å²) < 4.78 is 0. The van der Waals surface area contributed by atoms with Crippen LogP contribution >= 0.6 is 11.3 Å². The van der Waals surface area contributed by atoms with Crippen molar-refractivity contribution in [2.75, 3.05) is 5.32 Å². The van der Waals surface area contributed by atoms with Crippen molar-refractivity contribution in [2.24, 2.45) is 0 Å². The lowest BCUT2D eigenvalue weighted by molar-refractivity contribution is -0.136. The van der Waals surface area contributed by atoms with Crippen LogP contribution in [0.5, 0.6) is 0 Å². The first-order chi connectivity index (χ1) is 18.1. The zero-order valence-electron chi connectivity index (χ0n) is 20.7. The Kier molecular flexibility index (Phi) is 6.42. The summed E-state index contributed by atoms with van der Waals surface area (Å²) in [6.45, 7) is 4.00. The molecule has 3 aromatic rings. The van der Waals surface area contributed by atoms with Gasteiger partial charge in [-0.05, 0) is 49.6 Å². The summed E-state index contributed by atoms with van der Waals surface area (Å²) in [4.78, 5) is 55.2. The topological polar surface area (TPSA) is 144 Å². The first kappa shape index (κ1) is 25.1. The molecule has 0 bridgehead atoms. The highest BCUT2D eigenvalue weighted by atomic mass is 32.1. The predicted octanol–water partition coefficient (Wildman–Crippen LogP) is 3.50. The van der Waals surface area contributed by atoms with Crippen molar-refractivity contribution < 1.29 is 19.2 Å². The van der Waals surface area contributed by atoms with Gasteiger partial charge in [-0.1, -0.05) is 24.3 Å². The number of carbonyl (C=O) groups excluding carboxylic acids is 4. The van der Waals surface area contributed by atoms with Crippen molar-refractivity contribution in [3.05, 3.63) is 69.5 Å². The van der Waals surface area contributed by atoms with E-state index in [-0.39, 0.29) is 24.8 Å². The molecular weight excluding hydrogens is 504 g/mol. The van der Waals surface area contributed by atoms with Crippen molar-refractivity contribution in [1.29, 1.82) is 5.26 Å². The molecule has 1 saturated heterocycles. The molecule has 0 saturated carbocycles. The lowest BCUT2D eigenvalue weighted by Crippen LogP contribution is -2.52. The minimum absolute atomic E-state index is 0.189. The van der Waals surface area contributed by atoms with Gasteiger partial charge < -0.3 is 15.5 Å². The number of nitrogens with one attached hydrogen (secondary N) is 3. The number of thiazole rings is 1. The summed E-state index contributed by atoms with van der Waals surface area (Å²) in [6.07, 6.45) is 0.480. The van der Waals surface area contributed by atoms with E-state index in [1.807, 2.05) is 49.6 Å². The van der Waals surface area contributed by atoms with Gasteiger partial charge in [0, 0.05) is 35.2 Å². The van der Waals surface area contributed by atoms with E-state index in [1.165, 1.54) is 16.2 Å². The maximum absolute atomic E-state index is 12.9. The Bertz CT molecular complexity index is 1500. The number of nitriles is 1. The lowest BCUT2D eigenvalue weighted by Gasteiger charge is -2.29. The van der Waals surface area contributed by atoms with Crippen molar-refractivity contribution in [2.45, 2.75) is 44.8 Å². The van der Waals surface area contributed by atoms with Crippen LogP contribution in [0.4, 0.5) is 10.5 Å². The Morgan fingerprint density at radius 1 is 1.18 bits per heavy atom. The molecule has 0 aliphatic carbocycles. The highest BCUT2D eigenvalue weighted by molar-refractivity contribution is 7.10. The fourth-order valence-electron chi connectivity index (χ4n) is 4.69. The fourth-order valence-corrected chi connectivity index (χ4v) is 5.30. The molecule has 2 aliphatic rings. The van der Waals surface area contributed by atoms with E-state index in [0.717, 1.165) is 16.8 Å². The lowest BCUT2D eigenvalue weighted by atomic mass is 9.93. The van der Waals surface area contributed by atoms with Gasteiger partial charge >= 0.3 is 6.03 Å².